The number of hydrogen-bond acceptors (Lipinski definition) is 3. The molecule has 8 heteroatoms. The first-order valence-electron chi connectivity index (χ1n) is 7.06. The minimum Gasteiger partial charge on any atom is -0.360 e. The Labute approximate surface area is 142 Å². The van der Waals surface area contributed by atoms with Crippen molar-refractivity contribution in [2.75, 3.05) is 4.72 Å². The van der Waals surface area contributed by atoms with Crippen LogP contribution < -0.4 is 4.72 Å². The molecule has 0 radical (unpaired) electrons. The van der Waals surface area contributed by atoms with E-state index >= 15 is 0 Å². The number of nitriles is 1. The first kappa shape index (κ1) is 16.7. The van der Waals surface area contributed by atoms with Crippen molar-refractivity contribution in [3.63, 3.8) is 0 Å². The van der Waals surface area contributed by atoms with Crippen molar-refractivity contribution in [2.45, 2.75) is 4.90 Å². The summed E-state index contributed by atoms with van der Waals surface area (Å²) in [5, 5.41) is 8.71. The Hall–Kier alpha value is -3.18. The second-order valence-electron chi connectivity index (χ2n) is 5.17. The van der Waals surface area contributed by atoms with Crippen LogP contribution in [0.1, 0.15) is 5.56 Å². The Balaban J connectivity index is 1.90. The Bertz CT molecular complexity index is 1090. The number of benzene rings is 2. The molecule has 0 saturated carbocycles. The predicted molar refractivity (Wildman–Crippen MR) is 88.1 cm³/mol. The number of sulfonamides is 1. The number of hydrogen-bond donors (Lipinski definition) is 2. The van der Waals surface area contributed by atoms with Gasteiger partial charge in [0.05, 0.1) is 17.3 Å². The number of anilines is 1. The zero-order valence-electron chi connectivity index (χ0n) is 12.6. The SMILES string of the molecule is N#Cc1ccc(NS(=O)(=O)c2c[nH]c(-c3cccc(F)c3)c2)c(F)c1. The van der Waals surface area contributed by atoms with Crippen LogP contribution in [0.3, 0.4) is 0 Å². The lowest BCUT2D eigenvalue weighted by atomic mass is 10.1. The molecule has 2 N–H and O–H groups in total. The van der Waals surface area contributed by atoms with E-state index in [1.807, 2.05) is 0 Å². The van der Waals surface area contributed by atoms with Crippen molar-refractivity contribution in [2.24, 2.45) is 0 Å². The van der Waals surface area contributed by atoms with Crippen LogP contribution in [-0.4, -0.2) is 13.4 Å². The van der Waals surface area contributed by atoms with Gasteiger partial charge in [-0.3, -0.25) is 4.72 Å². The van der Waals surface area contributed by atoms with Crippen molar-refractivity contribution in [1.82, 2.24) is 4.98 Å². The van der Waals surface area contributed by atoms with E-state index in [0.717, 1.165) is 6.07 Å². The van der Waals surface area contributed by atoms with E-state index in [-0.39, 0.29) is 16.1 Å². The average Bonchev–Trinajstić information content (AvgIpc) is 3.07. The molecule has 0 spiro atoms. The fraction of sp³-hybridized carbons (Fsp3) is 0. The number of nitrogens with one attached hydrogen (secondary N) is 2. The molecule has 0 aliphatic heterocycles. The highest BCUT2D eigenvalue weighted by molar-refractivity contribution is 7.92. The number of aromatic nitrogens is 1. The van der Waals surface area contributed by atoms with Crippen LogP contribution in [0.5, 0.6) is 0 Å². The fourth-order valence-electron chi connectivity index (χ4n) is 2.22. The maximum absolute atomic E-state index is 13.9. The molecule has 0 saturated heterocycles. The van der Waals surface area contributed by atoms with Crippen molar-refractivity contribution in [1.29, 1.82) is 5.26 Å². The molecule has 25 heavy (non-hydrogen) atoms. The lowest BCUT2D eigenvalue weighted by Gasteiger charge is -2.07. The molecule has 3 aromatic rings. The van der Waals surface area contributed by atoms with Crippen LogP contribution in [0.2, 0.25) is 0 Å². The maximum Gasteiger partial charge on any atom is 0.263 e. The third-order valence-corrected chi connectivity index (χ3v) is 4.79. The fourth-order valence-corrected chi connectivity index (χ4v) is 3.28. The lowest BCUT2D eigenvalue weighted by Crippen LogP contribution is -2.13. The van der Waals surface area contributed by atoms with Gasteiger partial charge < -0.3 is 4.98 Å². The van der Waals surface area contributed by atoms with Crippen LogP contribution in [0.25, 0.3) is 11.3 Å². The number of nitrogens with zero attached hydrogens (tertiary/aromatic N) is 1. The number of aromatic amines is 1. The Morgan fingerprint density at radius 3 is 2.56 bits per heavy atom. The maximum atomic E-state index is 13.9. The van der Waals surface area contributed by atoms with Gasteiger partial charge in [0.15, 0.2) is 0 Å². The van der Waals surface area contributed by atoms with Gasteiger partial charge in [0, 0.05) is 17.5 Å². The minimum atomic E-state index is -4.05. The molecule has 0 amide bonds. The molecule has 0 aliphatic rings. The summed E-state index contributed by atoms with van der Waals surface area (Å²) in [7, 11) is -4.05. The van der Waals surface area contributed by atoms with Crippen molar-refractivity contribution >= 4 is 15.7 Å². The highest BCUT2D eigenvalue weighted by Crippen LogP contribution is 2.25. The molecule has 2 aromatic carbocycles. The molecule has 1 aromatic heterocycles. The van der Waals surface area contributed by atoms with Crippen LogP contribution >= 0.6 is 0 Å². The highest BCUT2D eigenvalue weighted by atomic mass is 32.2. The normalized spacial score (nSPS) is 11.1. The summed E-state index contributed by atoms with van der Waals surface area (Å²) in [5.74, 6) is -1.31. The van der Waals surface area contributed by atoms with E-state index in [1.165, 1.54) is 42.6 Å². The second kappa shape index (κ2) is 6.37. The van der Waals surface area contributed by atoms with Crippen LogP contribution in [0.15, 0.2) is 59.6 Å². The third-order valence-electron chi connectivity index (χ3n) is 3.44. The lowest BCUT2D eigenvalue weighted by molar-refractivity contribution is 0.598. The Morgan fingerprint density at radius 1 is 1.08 bits per heavy atom. The molecule has 0 fully saturated rings. The molecular formula is C17H11F2N3O2S. The number of rotatable bonds is 4. The van der Waals surface area contributed by atoms with Gasteiger partial charge in [-0.15, -0.1) is 0 Å². The minimum absolute atomic E-state index is 0.0792. The Morgan fingerprint density at radius 2 is 1.88 bits per heavy atom. The molecule has 0 bridgehead atoms. The molecular weight excluding hydrogens is 348 g/mol. The van der Waals surface area contributed by atoms with Gasteiger partial charge >= 0.3 is 0 Å². The summed E-state index contributed by atoms with van der Waals surface area (Å²) in [4.78, 5) is 2.62. The largest absolute Gasteiger partial charge is 0.360 e. The van der Waals surface area contributed by atoms with E-state index in [2.05, 4.69) is 9.71 Å². The summed E-state index contributed by atoms with van der Waals surface area (Å²) in [6, 6.07) is 12.2. The van der Waals surface area contributed by atoms with Gasteiger partial charge in [-0.2, -0.15) is 5.26 Å². The highest BCUT2D eigenvalue weighted by Gasteiger charge is 2.19. The van der Waals surface area contributed by atoms with Crippen LogP contribution in [0, 0.1) is 23.0 Å². The van der Waals surface area contributed by atoms with Crippen molar-refractivity contribution < 1.29 is 17.2 Å². The van der Waals surface area contributed by atoms with Crippen LogP contribution in [0.4, 0.5) is 14.5 Å². The summed E-state index contributed by atoms with van der Waals surface area (Å²) < 4.78 is 54.0. The standard InChI is InChI=1S/C17H11F2N3O2S/c18-13-3-1-2-12(7-13)17-8-14(10-21-17)25(23,24)22-16-5-4-11(9-20)6-15(16)19/h1-8,10,21-22H. The molecule has 3 rings (SSSR count). The van der Waals surface area contributed by atoms with Gasteiger partial charge in [-0.25, -0.2) is 17.2 Å². The number of H-pyrrole nitrogens is 1. The first-order valence-corrected chi connectivity index (χ1v) is 8.54. The Kier molecular flexibility index (Phi) is 4.25. The average molecular weight is 359 g/mol. The number of halogens is 2. The quantitative estimate of drug-likeness (QED) is 0.746. The zero-order chi connectivity index (χ0) is 18.0. The second-order valence-corrected chi connectivity index (χ2v) is 6.85. The van der Waals surface area contributed by atoms with Gasteiger partial charge in [0.1, 0.15) is 16.5 Å². The molecule has 1 heterocycles. The van der Waals surface area contributed by atoms with E-state index in [1.54, 1.807) is 12.1 Å². The van der Waals surface area contributed by atoms with Gasteiger partial charge in [-0.1, -0.05) is 12.1 Å². The van der Waals surface area contributed by atoms with Gasteiger partial charge in [0.2, 0.25) is 0 Å². The van der Waals surface area contributed by atoms with Crippen molar-refractivity contribution in [3.05, 3.63) is 71.9 Å². The predicted octanol–water partition coefficient (Wildman–Crippen LogP) is 3.63. The smallest absolute Gasteiger partial charge is 0.263 e. The topological polar surface area (TPSA) is 85.8 Å². The summed E-state index contributed by atoms with van der Waals surface area (Å²) in [6.45, 7) is 0. The van der Waals surface area contributed by atoms with E-state index in [9.17, 15) is 17.2 Å². The van der Waals surface area contributed by atoms with Crippen molar-refractivity contribution in [3.8, 4) is 17.3 Å². The molecule has 126 valence electrons. The van der Waals surface area contributed by atoms with Gasteiger partial charge in [0.25, 0.3) is 10.0 Å². The van der Waals surface area contributed by atoms with E-state index in [4.69, 9.17) is 5.26 Å². The van der Waals surface area contributed by atoms with Gasteiger partial charge in [-0.05, 0) is 36.4 Å². The van der Waals surface area contributed by atoms with E-state index < -0.39 is 21.7 Å². The molecule has 5 nitrogen and oxygen atoms in total. The molecule has 0 atom stereocenters. The van der Waals surface area contributed by atoms with Crippen LogP contribution in [-0.2, 0) is 10.0 Å². The third kappa shape index (κ3) is 3.51. The molecule has 0 aliphatic carbocycles. The first-order chi connectivity index (χ1) is 11.9. The summed E-state index contributed by atoms with van der Waals surface area (Å²) >= 11 is 0. The monoisotopic (exact) mass is 359 g/mol. The molecule has 0 unspecified atom stereocenters. The van der Waals surface area contributed by atoms with E-state index in [0.29, 0.717) is 11.3 Å². The summed E-state index contributed by atoms with van der Waals surface area (Å²) in [6.07, 6.45) is 1.23. The zero-order valence-corrected chi connectivity index (χ0v) is 13.4. The summed E-state index contributed by atoms with van der Waals surface area (Å²) in [5.41, 5.74) is 0.689.